The molecule has 1 heterocycles. The van der Waals surface area contributed by atoms with Gasteiger partial charge >= 0.3 is 0 Å². The predicted molar refractivity (Wildman–Crippen MR) is 87.6 cm³/mol. The van der Waals surface area contributed by atoms with E-state index in [4.69, 9.17) is 0 Å². The predicted octanol–water partition coefficient (Wildman–Crippen LogP) is 2.84. The van der Waals surface area contributed by atoms with Crippen LogP contribution in [0.5, 0.6) is 0 Å². The van der Waals surface area contributed by atoms with Crippen LogP contribution in [0.4, 0.5) is 4.39 Å². The lowest BCUT2D eigenvalue weighted by atomic mass is 9.95. The van der Waals surface area contributed by atoms with Crippen molar-refractivity contribution in [3.05, 3.63) is 30.1 Å². The molecule has 6 heteroatoms. The fraction of sp³-hybridized carbons (Fsp3) is 0.533. The maximum Gasteiger partial charge on any atom is 0.221 e. The van der Waals surface area contributed by atoms with Gasteiger partial charge in [0, 0.05) is 23.1 Å². The summed E-state index contributed by atoms with van der Waals surface area (Å²) >= 11 is 1.58. The second kappa shape index (κ2) is 9.28. The summed E-state index contributed by atoms with van der Waals surface area (Å²) in [6, 6.07) is 6.66. The minimum atomic E-state index is -0.230. The summed E-state index contributed by atoms with van der Waals surface area (Å²) in [5.74, 6) is 1.08. The van der Waals surface area contributed by atoms with E-state index in [1.807, 2.05) is 0 Å². The zero-order chi connectivity index (χ0) is 14.4. The Balaban J connectivity index is 0.00000220. The zero-order valence-electron chi connectivity index (χ0n) is 12.1. The number of nitrogens with one attached hydrogen (secondary N) is 2. The standard InChI is InChI=1S/C15H21FN2OS.ClH/c1-11-10-17-8-6-14(11)18-15(19)7-9-20-13-4-2-12(16)3-5-13;/h2-5,11,14,17H,6-10H2,1H3,(H,18,19);1H. The second-order valence-electron chi connectivity index (χ2n) is 5.20. The van der Waals surface area contributed by atoms with Gasteiger partial charge in [-0.2, -0.15) is 0 Å². The molecule has 1 aliphatic rings. The quantitative estimate of drug-likeness (QED) is 0.815. The molecule has 3 nitrogen and oxygen atoms in total. The van der Waals surface area contributed by atoms with Crippen LogP contribution in [0.3, 0.4) is 0 Å². The summed E-state index contributed by atoms with van der Waals surface area (Å²) in [5.41, 5.74) is 0. The van der Waals surface area contributed by atoms with E-state index in [0.717, 1.165) is 30.2 Å². The Morgan fingerprint density at radius 1 is 1.43 bits per heavy atom. The van der Waals surface area contributed by atoms with Crippen molar-refractivity contribution in [1.29, 1.82) is 0 Å². The first-order valence-electron chi connectivity index (χ1n) is 7.03. The molecule has 2 atom stereocenters. The summed E-state index contributed by atoms with van der Waals surface area (Å²) in [7, 11) is 0. The van der Waals surface area contributed by atoms with Crippen LogP contribution in [0.1, 0.15) is 19.8 Å². The number of hydrogen-bond acceptors (Lipinski definition) is 3. The monoisotopic (exact) mass is 332 g/mol. The minimum Gasteiger partial charge on any atom is -0.353 e. The van der Waals surface area contributed by atoms with Gasteiger partial charge in [-0.15, -0.1) is 24.2 Å². The highest BCUT2D eigenvalue weighted by atomic mass is 35.5. The van der Waals surface area contributed by atoms with Gasteiger partial charge in [-0.3, -0.25) is 4.79 Å². The Kier molecular flexibility index (Phi) is 8.07. The molecule has 0 aliphatic carbocycles. The molecule has 1 aliphatic heterocycles. The van der Waals surface area contributed by atoms with Gasteiger partial charge in [0.05, 0.1) is 0 Å². The highest BCUT2D eigenvalue weighted by Gasteiger charge is 2.22. The number of carbonyl (C=O) groups excluding carboxylic acids is 1. The lowest BCUT2D eigenvalue weighted by Crippen LogP contribution is -2.48. The van der Waals surface area contributed by atoms with E-state index >= 15 is 0 Å². The van der Waals surface area contributed by atoms with Crippen molar-refractivity contribution in [2.45, 2.75) is 30.7 Å². The molecule has 1 saturated heterocycles. The van der Waals surface area contributed by atoms with Gasteiger partial charge in [0.1, 0.15) is 5.82 Å². The van der Waals surface area contributed by atoms with E-state index in [9.17, 15) is 9.18 Å². The molecule has 0 radical (unpaired) electrons. The Bertz CT molecular complexity index is 444. The number of rotatable bonds is 5. The number of carbonyl (C=O) groups is 1. The highest BCUT2D eigenvalue weighted by Crippen LogP contribution is 2.19. The van der Waals surface area contributed by atoms with E-state index < -0.39 is 0 Å². The lowest BCUT2D eigenvalue weighted by Gasteiger charge is -2.30. The fourth-order valence-electron chi connectivity index (χ4n) is 2.30. The topological polar surface area (TPSA) is 41.1 Å². The number of benzene rings is 1. The van der Waals surface area contributed by atoms with Gasteiger partial charge in [-0.1, -0.05) is 6.92 Å². The van der Waals surface area contributed by atoms with Crippen molar-refractivity contribution in [3.63, 3.8) is 0 Å². The first-order valence-corrected chi connectivity index (χ1v) is 8.02. The van der Waals surface area contributed by atoms with E-state index in [1.54, 1.807) is 23.9 Å². The summed E-state index contributed by atoms with van der Waals surface area (Å²) in [6.45, 7) is 4.10. The average Bonchev–Trinajstić information content (AvgIpc) is 2.44. The number of amides is 1. The molecule has 118 valence electrons. The molecule has 2 unspecified atom stereocenters. The molecule has 0 bridgehead atoms. The van der Waals surface area contributed by atoms with Crippen molar-refractivity contribution in [1.82, 2.24) is 10.6 Å². The zero-order valence-corrected chi connectivity index (χ0v) is 13.7. The molecule has 21 heavy (non-hydrogen) atoms. The number of halogens is 2. The third-order valence-electron chi connectivity index (χ3n) is 3.54. The van der Waals surface area contributed by atoms with Crippen LogP contribution in [-0.2, 0) is 4.79 Å². The third-order valence-corrected chi connectivity index (χ3v) is 4.56. The first-order chi connectivity index (χ1) is 9.65. The van der Waals surface area contributed by atoms with E-state index in [-0.39, 0.29) is 24.1 Å². The van der Waals surface area contributed by atoms with E-state index in [2.05, 4.69) is 17.6 Å². The Hall–Kier alpha value is -0.780. The summed E-state index contributed by atoms with van der Waals surface area (Å²) < 4.78 is 12.8. The molecule has 1 amide bonds. The van der Waals surface area contributed by atoms with Gasteiger partial charge in [0.25, 0.3) is 0 Å². The van der Waals surface area contributed by atoms with Crippen molar-refractivity contribution in [3.8, 4) is 0 Å². The smallest absolute Gasteiger partial charge is 0.221 e. The molecule has 2 N–H and O–H groups in total. The number of hydrogen-bond donors (Lipinski definition) is 2. The Morgan fingerprint density at radius 2 is 2.14 bits per heavy atom. The number of piperidine rings is 1. The molecular weight excluding hydrogens is 311 g/mol. The Labute approximate surface area is 135 Å². The van der Waals surface area contributed by atoms with E-state index in [0.29, 0.717) is 18.4 Å². The molecule has 1 fully saturated rings. The maximum absolute atomic E-state index is 12.8. The van der Waals surface area contributed by atoms with Crippen molar-refractivity contribution >= 4 is 30.1 Å². The van der Waals surface area contributed by atoms with Crippen molar-refractivity contribution in [2.75, 3.05) is 18.8 Å². The molecular formula is C15H22ClFN2OS. The van der Waals surface area contributed by atoms with Crippen LogP contribution in [0.25, 0.3) is 0 Å². The minimum absolute atomic E-state index is 0. The van der Waals surface area contributed by atoms with Crippen LogP contribution in [0.2, 0.25) is 0 Å². The lowest BCUT2D eigenvalue weighted by molar-refractivity contribution is -0.121. The van der Waals surface area contributed by atoms with Crippen LogP contribution in [0, 0.1) is 11.7 Å². The molecule has 1 aromatic rings. The van der Waals surface area contributed by atoms with Crippen LogP contribution in [0.15, 0.2) is 29.2 Å². The Morgan fingerprint density at radius 3 is 2.81 bits per heavy atom. The average molecular weight is 333 g/mol. The molecule has 2 rings (SSSR count). The summed E-state index contributed by atoms with van der Waals surface area (Å²) in [5, 5.41) is 6.43. The molecule has 0 aromatic heterocycles. The highest BCUT2D eigenvalue weighted by molar-refractivity contribution is 7.99. The van der Waals surface area contributed by atoms with Crippen LogP contribution < -0.4 is 10.6 Å². The second-order valence-corrected chi connectivity index (χ2v) is 6.36. The first kappa shape index (κ1) is 18.3. The maximum atomic E-state index is 12.8. The van der Waals surface area contributed by atoms with Gasteiger partial charge in [0.2, 0.25) is 5.91 Å². The van der Waals surface area contributed by atoms with Gasteiger partial charge in [0.15, 0.2) is 0 Å². The van der Waals surface area contributed by atoms with Gasteiger partial charge in [-0.25, -0.2) is 4.39 Å². The number of thioether (sulfide) groups is 1. The SMILES string of the molecule is CC1CNCCC1NC(=O)CCSc1ccc(F)cc1.Cl. The molecule has 1 aromatic carbocycles. The van der Waals surface area contributed by atoms with Crippen LogP contribution >= 0.6 is 24.2 Å². The van der Waals surface area contributed by atoms with Gasteiger partial charge in [-0.05, 0) is 49.7 Å². The van der Waals surface area contributed by atoms with E-state index in [1.165, 1.54) is 12.1 Å². The van der Waals surface area contributed by atoms with Crippen LogP contribution in [-0.4, -0.2) is 30.8 Å². The van der Waals surface area contributed by atoms with Gasteiger partial charge < -0.3 is 10.6 Å². The molecule has 0 saturated carbocycles. The summed E-state index contributed by atoms with van der Waals surface area (Å²) in [4.78, 5) is 12.9. The molecule has 0 spiro atoms. The largest absolute Gasteiger partial charge is 0.353 e. The fourth-order valence-corrected chi connectivity index (χ4v) is 3.15. The van der Waals surface area contributed by atoms with Crippen molar-refractivity contribution < 1.29 is 9.18 Å². The normalized spacial score (nSPS) is 21.4. The third kappa shape index (κ3) is 6.24. The summed E-state index contributed by atoms with van der Waals surface area (Å²) in [6.07, 6.45) is 1.50. The van der Waals surface area contributed by atoms with Crippen molar-refractivity contribution in [2.24, 2.45) is 5.92 Å².